The van der Waals surface area contributed by atoms with Crippen LogP contribution >= 0.6 is 0 Å². The number of alkyl halides is 6. The first kappa shape index (κ1) is 26.2. The van der Waals surface area contributed by atoms with Crippen LogP contribution in [-0.2, 0) is 10.3 Å². The molecule has 2 N–H and O–H groups in total. The monoisotopic (exact) mass is 525 g/mol. The van der Waals surface area contributed by atoms with Crippen LogP contribution in [0.1, 0.15) is 41.8 Å². The minimum Gasteiger partial charge on any atom is -0.494 e. The number of H-pyrrole nitrogens is 1. The Morgan fingerprint density at radius 1 is 1.05 bits per heavy atom. The van der Waals surface area contributed by atoms with E-state index in [0.717, 1.165) is 17.7 Å². The normalized spacial score (nSPS) is 18.6. The van der Waals surface area contributed by atoms with Crippen molar-refractivity contribution < 1.29 is 35.9 Å². The molecule has 1 aliphatic heterocycles. The van der Waals surface area contributed by atoms with Gasteiger partial charge in [0.15, 0.2) is 5.54 Å². The van der Waals surface area contributed by atoms with Gasteiger partial charge in [-0.25, -0.2) is 0 Å². The molecule has 2 heterocycles. The highest BCUT2D eigenvalue weighted by Crippen LogP contribution is 2.49. The third-order valence-corrected chi connectivity index (χ3v) is 5.94. The zero-order chi connectivity index (χ0) is 26.8. The summed E-state index contributed by atoms with van der Waals surface area (Å²) >= 11 is 0. The molecule has 4 rings (SSSR count). The third-order valence-electron chi connectivity index (χ3n) is 5.94. The third kappa shape index (κ3) is 5.59. The summed E-state index contributed by atoms with van der Waals surface area (Å²) in [6.45, 7) is 1.51. The molecule has 1 unspecified atom stereocenters. The lowest BCUT2D eigenvalue weighted by atomic mass is 9.76. The van der Waals surface area contributed by atoms with Crippen molar-refractivity contribution in [3.63, 3.8) is 0 Å². The van der Waals surface area contributed by atoms with Crippen molar-refractivity contribution in [3.8, 4) is 5.75 Å². The zero-order valence-corrected chi connectivity index (χ0v) is 19.4. The van der Waals surface area contributed by atoms with Crippen molar-refractivity contribution in [2.45, 2.75) is 44.1 Å². The summed E-state index contributed by atoms with van der Waals surface area (Å²) in [4.78, 5) is 13.2. The van der Waals surface area contributed by atoms with Gasteiger partial charge in [-0.3, -0.25) is 4.79 Å². The quantitative estimate of drug-likeness (QED) is 0.330. The predicted molar refractivity (Wildman–Crippen MR) is 120 cm³/mol. The highest BCUT2D eigenvalue weighted by atomic mass is 19.4. The molecule has 196 valence electrons. The summed E-state index contributed by atoms with van der Waals surface area (Å²) in [5.41, 5.74) is -1.96. The van der Waals surface area contributed by atoms with E-state index >= 15 is 0 Å². The van der Waals surface area contributed by atoms with Crippen LogP contribution in [0.25, 0.3) is 11.1 Å². The molecule has 3 aromatic rings. The standard InChI is InChI=1S/C24H21F6N5O2/c1-14-4-2-5-15(12-14)18-13-22(24(28,29)30,31-21(36)19(18)20-32-34-35-33-20)16-6-8-17(9-7-16)37-11-3-10-23(25,26)27/h2,4-9,12H,3,10-11,13H2,1H3,(H,31,36)(H,32,33,34,35). The second-order valence-corrected chi connectivity index (χ2v) is 8.58. The van der Waals surface area contributed by atoms with E-state index in [2.05, 4.69) is 25.9 Å². The van der Waals surface area contributed by atoms with Crippen LogP contribution in [0, 0.1) is 6.92 Å². The van der Waals surface area contributed by atoms with Crippen LogP contribution in [0.15, 0.2) is 48.5 Å². The fourth-order valence-corrected chi connectivity index (χ4v) is 4.18. The number of hydrogen-bond donors (Lipinski definition) is 2. The maximum absolute atomic E-state index is 14.7. The van der Waals surface area contributed by atoms with Crippen molar-refractivity contribution in [3.05, 3.63) is 71.0 Å². The maximum atomic E-state index is 14.7. The first-order valence-electron chi connectivity index (χ1n) is 11.1. The lowest BCUT2D eigenvalue weighted by molar-refractivity contribution is -0.201. The fraction of sp³-hybridized carbons (Fsp3) is 0.333. The summed E-state index contributed by atoms with van der Waals surface area (Å²) in [7, 11) is 0. The molecule has 0 saturated heterocycles. The van der Waals surface area contributed by atoms with E-state index in [0.29, 0.717) is 5.56 Å². The number of benzene rings is 2. The van der Waals surface area contributed by atoms with Crippen molar-refractivity contribution in [2.24, 2.45) is 0 Å². The van der Waals surface area contributed by atoms with Crippen LogP contribution in [-0.4, -0.2) is 45.5 Å². The molecule has 13 heteroatoms. The second-order valence-electron chi connectivity index (χ2n) is 8.58. The van der Waals surface area contributed by atoms with E-state index < -0.39 is 36.6 Å². The van der Waals surface area contributed by atoms with Gasteiger partial charge in [-0.15, -0.1) is 10.2 Å². The van der Waals surface area contributed by atoms with Gasteiger partial charge in [-0.2, -0.15) is 31.6 Å². The number of carbonyl (C=O) groups excluding carboxylic acids is 1. The van der Waals surface area contributed by atoms with Crippen LogP contribution in [0.2, 0.25) is 0 Å². The van der Waals surface area contributed by atoms with E-state index in [1.807, 2.05) is 0 Å². The van der Waals surface area contributed by atoms with Gasteiger partial charge in [0.25, 0.3) is 5.91 Å². The highest BCUT2D eigenvalue weighted by Gasteiger charge is 2.59. The molecule has 1 atom stereocenters. The number of aryl methyl sites for hydroxylation is 1. The van der Waals surface area contributed by atoms with Crippen LogP contribution in [0.3, 0.4) is 0 Å². The molecular weight excluding hydrogens is 504 g/mol. The van der Waals surface area contributed by atoms with Crippen LogP contribution < -0.4 is 10.1 Å². The van der Waals surface area contributed by atoms with Gasteiger partial charge in [0.05, 0.1) is 12.2 Å². The first-order valence-corrected chi connectivity index (χ1v) is 11.1. The fourth-order valence-electron chi connectivity index (χ4n) is 4.18. The molecular formula is C24H21F6N5O2. The minimum atomic E-state index is -4.92. The smallest absolute Gasteiger partial charge is 0.416 e. The van der Waals surface area contributed by atoms with E-state index in [4.69, 9.17) is 4.74 Å². The molecule has 2 aromatic carbocycles. The molecule has 0 spiro atoms. The van der Waals surface area contributed by atoms with E-state index in [1.54, 1.807) is 31.2 Å². The average Bonchev–Trinajstić information content (AvgIpc) is 3.35. The number of nitrogens with zero attached hydrogens (tertiary/aromatic N) is 3. The Bertz CT molecular complexity index is 1290. The van der Waals surface area contributed by atoms with E-state index in [9.17, 15) is 31.1 Å². The Labute approximate surface area is 206 Å². The van der Waals surface area contributed by atoms with Gasteiger partial charge in [-0.05, 0) is 47.4 Å². The number of carbonyl (C=O) groups is 1. The molecule has 0 bridgehead atoms. The zero-order valence-electron chi connectivity index (χ0n) is 19.4. The van der Waals surface area contributed by atoms with Gasteiger partial charge < -0.3 is 10.1 Å². The molecule has 1 amide bonds. The number of amides is 1. The number of hydrogen-bond acceptors (Lipinski definition) is 5. The first-order chi connectivity index (χ1) is 17.4. The summed E-state index contributed by atoms with van der Waals surface area (Å²) in [5.74, 6) is -1.08. The Kier molecular flexibility index (Phi) is 6.98. The van der Waals surface area contributed by atoms with Gasteiger partial charge in [0.1, 0.15) is 5.75 Å². The summed E-state index contributed by atoms with van der Waals surface area (Å²) < 4.78 is 86.4. The SMILES string of the molecule is Cc1cccc(C2=C(c3nn[nH]n3)C(=O)NC(c3ccc(OCCCC(F)(F)F)cc3)(C(F)(F)F)C2)c1. The Balaban J connectivity index is 1.72. The number of tetrazole rings is 1. The number of aromatic nitrogens is 4. The number of halogens is 6. The van der Waals surface area contributed by atoms with Crippen molar-refractivity contribution in [2.75, 3.05) is 6.61 Å². The van der Waals surface area contributed by atoms with E-state index in [1.165, 1.54) is 12.1 Å². The maximum Gasteiger partial charge on any atom is 0.416 e. The van der Waals surface area contributed by atoms with Crippen molar-refractivity contribution in [1.29, 1.82) is 0 Å². The number of aromatic amines is 1. The number of rotatable bonds is 7. The Morgan fingerprint density at radius 3 is 2.38 bits per heavy atom. The van der Waals surface area contributed by atoms with Gasteiger partial charge in [-0.1, -0.05) is 42.0 Å². The molecule has 0 fully saturated rings. The predicted octanol–water partition coefficient (Wildman–Crippen LogP) is 5.12. The number of nitrogens with one attached hydrogen (secondary N) is 2. The lowest BCUT2D eigenvalue weighted by Gasteiger charge is -2.41. The number of ether oxygens (including phenoxy) is 1. The van der Waals surface area contributed by atoms with Gasteiger partial charge in [0.2, 0.25) is 5.82 Å². The van der Waals surface area contributed by atoms with Gasteiger partial charge in [0, 0.05) is 12.8 Å². The molecule has 0 saturated carbocycles. The molecule has 1 aromatic heterocycles. The Morgan fingerprint density at radius 2 is 1.78 bits per heavy atom. The lowest BCUT2D eigenvalue weighted by Crippen LogP contribution is -2.58. The molecule has 1 aliphatic rings. The summed E-state index contributed by atoms with van der Waals surface area (Å²) in [6, 6.07) is 11.4. The summed E-state index contributed by atoms with van der Waals surface area (Å²) in [5, 5.41) is 15.3. The van der Waals surface area contributed by atoms with Gasteiger partial charge >= 0.3 is 12.4 Å². The summed E-state index contributed by atoms with van der Waals surface area (Å²) in [6.07, 6.45) is -11.2. The van der Waals surface area contributed by atoms with Crippen molar-refractivity contribution in [1.82, 2.24) is 25.9 Å². The second kappa shape index (κ2) is 9.87. The molecule has 7 nitrogen and oxygen atoms in total. The molecule has 37 heavy (non-hydrogen) atoms. The largest absolute Gasteiger partial charge is 0.494 e. The van der Waals surface area contributed by atoms with Crippen molar-refractivity contribution >= 4 is 17.1 Å². The molecule has 0 radical (unpaired) electrons. The topological polar surface area (TPSA) is 92.8 Å². The van der Waals surface area contributed by atoms with E-state index in [-0.39, 0.29) is 41.3 Å². The molecule has 0 aliphatic carbocycles. The average molecular weight is 525 g/mol. The Hall–Kier alpha value is -3.90. The van der Waals surface area contributed by atoms with Crippen LogP contribution in [0.4, 0.5) is 26.3 Å². The minimum absolute atomic E-state index is 0.0821. The van der Waals surface area contributed by atoms with Crippen LogP contribution in [0.5, 0.6) is 5.75 Å². The highest BCUT2D eigenvalue weighted by molar-refractivity contribution is 6.27.